The molecule has 1 heteroatoms. The van der Waals surface area contributed by atoms with Crippen LogP contribution in [0.15, 0.2) is 35.8 Å². The van der Waals surface area contributed by atoms with Crippen LogP contribution in [-0.2, 0) is 4.74 Å². The fourth-order valence-corrected chi connectivity index (χ4v) is 1.97. The molecule has 0 aliphatic heterocycles. The highest BCUT2D eigenvalue weighted by Gasteiger charge is 2.13. The summed E-state index contributed by atoms with van der Waals surface area (Å²) in [6, 6.07) is 0. The van der Waals surface area contributed by atoms with Crippen LogP contribution in [-0.4, -0.2) is 0 Å². The Kier molecular flexibility index (Phi) is 3.07. The SMILES string of the molecule is CC1CCC=C(OC2=CC=CCC2)C1. The van der Waals surface area contributed by atoms with Gasteiger partial charge in [0.15, 0.2) is 0 Å². The van der Waals surface area contributed by atoms with Crippen LogP contribution in [0.25, 0.3) is 0 Å². The van der Waals surface area contributed by atoms with Crippen LogP contribution in [0.2, 0.25) is 0 Å². The zero-order valence-electron chi connectivity index (χ0n) is 8.83. The Balaban J connectivity index is 1.93. The van der Waals surface area contributed by atoms with Crippen molar-refractivity contribution in [1.29, 1.82) is 0 Å². The van der Waals surface area contributed by atoms with E-state index in [4.69, 9.17) is 4.74 Å². The lowest BCUT2D eigenvalue weighted by molar-refractivity contribution is 0.249. The van der Waals surface area contributed by atoms with Crippen LogP contribution in [0.4, 0.5) is 0 Å². The molecule has 14 heavy (non-hydrogen) atoms. The van der Waals surface area contributed by atoms with Gasteiger partial charge in [-0.2, -0.15) is 0 Å². The average Bonchev–Trinajstić information content (AvgIpc) is 2.19. The molecule has 2 rings (SSSR count). The van der Waals surface area contributed by atoms with E-state index in [1.807, 2.05) is 0 Å². The van der Waals surface area contributed by atoms with E-state index in [0.29, 0.717) is 0 Å². The first-order valence-electron chi connectivity index (χ1n) is 5.57. The minimum Gasteiger partial charge on any atom is -0.466 e. The van der Waals surface area contributed by atoms with Crippen molar-refractivity contribution in [3.05, 3.63) is 35.8 Å². The van der Waals surface area contributed by atoms with Gasteiger partial charge >= 0.3 is 0 Å². The topological polar surface area (TPSA) is 9.23 Å². The first-order chi connectivity index (χ1) is 6.84. The maximum absolute atomic E-state index is 5.87. The molecule has 2 aliphatic rings. The molecule has 0 heterocycles. The van der Waals surface area contributed by atoms with E-state index in [-0.39, 0.29) is 0 Å². The van der Waals surface area contributed by atoms with E-state index in [0.717, 1.165) is 30.9 Å². The zero-order chi connectivity index (χ0) is 9.80. The lowest BCUT2D eigenvalue weighted by atomic mass is 9.95. The molecular weight excluding hydrogens is 172 g/mol. The second kappa shape index (κ2) is 4.50. The summed E-state index contributed by atoms with van der Waals surface area (Å²) in [4.78, 5) is 0. The average molecular weight is 190 g/mol. The van der Waals surface area contributed by atoms with E-state index in [1.165, 1.54) is 18.6 Å². The third-order valence-electron chi connectivity index (χ3n) is 2.82. The summed E-state index contributed by atoms with van der Waals surface area (Å²) in [5.41, 5.74) is 0. The summed E-state index contributed by atoms with van der Waals surface area (Å²) >= 11 is 0. The fourth-order valence-electron chi connectivity index (χ4n) is 1.97. The predicted molar refractivity (Wildman–Crippen MR) is 58.6 cm³/mol. The molecule has 0 N–H and O–H groups in total. The van der Waals surface area contributed by atoms with Crippen molar-refractivity contribution in [1.82, 2.24) is 0 Å². The van der Waals surface area contributed by atoms with Gasteiger partial charge in [0.1, 0.15) is 5.76 Å². The van der Waals surface area contributed by atoms with Gasteiger partial charge in [0.2, 0.25) is 0 Å². The molecule has 0 aromatic carbocycles. The summed E-state index contributed by atoms with van der Waals surface area (Å²) in [6.45, 7) is 2.30. The van der Waals surface area contributed by atoms with Crippen molar-refractivity contribution in [3.63, 3.8) is 0 Å². The third-order valence-corrected chi connectivity index (χ3v) is 2.82. The number of hydrogen-bond acceptors (Lipinski definition) is 1. The minimum absolute atomic E-state index is 0.787. The molecule has 0 saturated heterocycles. The Morgan fingerprint density at radius 1 is 1.29 bits per heavy atom. The Labute approximate surface area is 86.2 Å². The van der Waals surface area contributed by atoms with Gasteiger partial charge in [-0.3, -0.25) is 0 Å². The summed E-state index contributed by atoms with van der Waals surface area (Å²) in [6.07, 6.45) is 14.4. The molecule has 0 aromatic rings. The number of allylic oxidation sites excluding steroid dienone is 6. The number of ether oxygens (including phenoxy) is 1. The molecule has 1 atom stereocenters. The van der Waals surface area contributed by atoms with Gasteiger partial charge < -0.3 is 4.74 Å². The quantitative estimate of drug-likeness (QED) is 0.640. The highest BCUT2D eigenvalue weighted by Crippen LogP contribution is 2.27. The molecular formula is C13H18O. The van der Waals surface area contributed by atoms with Crippen LogP contribution in [0, 0.1) is 5.92 Å². The van der Waals surface area contributed by atoms with Gasteiger partial charge in [0, 0.05) is 12.8 Å². The second-order valence-corrected chi connectivity index (χ2v) is 4.26. The van der Waals surface area contributed by atoms with Crippen LogP contribution in [0.1, 0.15) is 39.0 Å². The van der Waals surface area contributed by atoms with Crippen molar-refractivity contribution >= 4 is 0 Å². The molecule has 2 aliphatic carbocycles. The highest BCUT2D eigenvalue weighted by atomic mass is 16.5. The second-order valence-electron chi connectivity index (χ2n) is 4.26. The predicted octanol–water partition coefficient (Wildman–Crippen LogP) is 3.94. The van der Waals surface area contributed by atoms with Crippen LogP contribution in [0.3, 0.4) is 0 Å². The number of rotatable bonds is 2. The zero-order valence-corrected chi connectivity index (χ0v) is 8.83. The van der Waals surface area contributed by atoms with Crippen molar-refractivity contribution in [3.8, 4) is 0 Å². The summed E-state index contributed by atoms with van der Waals surface area (Å²) in [7, 11) is 0. The van der Waals surface area contributed by atoms with Crippen molar-refractivity contribution < 1.29 is 4.74 Å². The first kappa shape index (κ1) is 9.57. The summed E-state index contributed by atoms with van der Waals surface area (Å²) in [5.74, 6) is 3.10. The molecule has 76 valence electrons. The third kappa shape index (κ3) is 2.50. The molecule has 0 spiro atoms. The lowest BCUT2D eigenvalue weighted by Crippen LogP contribution is -2.05. The van der Waals surface area contributed by atoms with Gasteiger partial charge in [-0.1, -0.05) is 19.1 Å². The smallest absolute Gasteiger partial charge is 0.104 e. The summed E-state index contributed by atoms with van der Waals surface area (Å²) in [5, 5.41) is 0. The van der Waals surface area contributed by atoms with Gasteiger partial charge in [0.25, 0.3) is 0 Å². The Morgan fingerprint density at radius 3 is 2.93 bits per heavy atom. The normalized spacial score (nSPS) is 26.8. The maximum atomic E-state index is 5.87. The Hall–Kier alpha value is -0.980. The van der Waals surface area contributed by atoms with Gasteiger partial charge in [0.05, 0.1) is 5.76 Å². The van der Waals surface area contributed by atoms with Crippen molar-refractivity contribution in [2.24, 2.45) is 5.92 Å². The maximum Gasteiger partial charge on any atom is 0.104 e. The van der Waals surface area contributed by atoms with Crippen LogP contribution in [0.5, 0.6) is 0 Å². The summed E-state index contributed by atoms with van der Waals surface area (Å²) < 4.78 is 5.87. The Bertz CT molecular complexity index is 284. The van der Waals surface area contributed by atoms with Crippen molar-refractivity contribution in [2.45, 2.75) is 39.0 Å². The number of hydrogen-bond donors (Lipinski definition) is 0. The monoisotopic (exact) mass is 190 g/mol. The lowest BCUT2D eigenvalue weighted by Gasteiger charge is -2.21. The molecule has 0 aromatic heterocycles. The van der Waals surface area contributed by atoms with E-state index in [1.54, 1.807) is 0 Å². The highest BCUT2D eigenvalue weighted by molar-refractivity contribution is 5.15. The standard InChI is InChI=1S/C13H18O/c1-11-6-5-9-13(10-11)14-12-7-3-2-4-8-12/h2-3,7,9,11H,4-6,8,10H2,1H3. The first-order valence-corrected chi connectivity index (χ1v) is 5.57. The van der Waals surface area contributed by atoms with Gasteiger partial charge in [-0.05, 0) is 37.3 Å². The molecule has 0 fully saturated rings. The largest absolute Gasteiger partial charge is 0.466 e. The molecule has 1 nitrogen and oxygen atoms in total. The van der Waals surface area contributed by atoms with Gasteiger partial charge in [-0.25, -0.2) is 0 Å². The van der Waals surface area contributed by atoms with E-state index < -0.39 is 0 Å². The fraction of sp³-hybridized carbons (Fsp3) is 0.538. The van der Waals surface area contributed by atoms with E-state index >= 15 is 0 Å². The molecule has 0 amide bonds. The van der Waals surface area contributed by atoms with Crippen LogP contribution < -0.4 is 0 Å². The minimum atomic E-state index is 0.787. The molecule has 0 bridgehead atoms. The van der Waals surface area contributed by atoms with Crippen LogP contribution >= 0.6 is 0 Å². The van der Waals surface area contributed by atoms with Gasteiger partial charge in [-0.15, -0.1) is 0 Å². The van der Waals surface area contributed by atoms with Crippen molar-refractivity contribution in [2.75, 3.05) is 0 Å². The van der Waals surface area contributed by atoms with E-state index in [9.17, 15) is 0 Å². The molecule has 1 unspecified atom stereocenters. The van der Waals surface area contributed by atoms with E-state index in [2.05, 4.69) is 31.2 Å². The Morgan fingerprint density at radius 2 is 2.21 bits per heavy atom. The molecule has 0 radical (unpaired) electrons. The molecule has 0 saturated carbocycles.